The van der Waals surface area contributed by atoms with Gasteiger partial charge in [-0.05, 0) is 25.0 Å². The molecule has 45 heavy (non-hydrogen) atoms. The fourth-order valence-corrected chi connectivity index (χ4v) is 4.79. The van der Waals surface area contributed by atoms with Crippen LogP contribution < -0.4 is 21.3 Å². The third-order valence-electron chi connectivity index (χ3n) is 6.46. The van der Waals surface area contributed by atoms with Crippen LogP contribution in [-0.2, 0) is 33.5 Å². The van der Waals surface area contributed by atoms with Crippen LogP contribution in [-0.4, -0.2) is 72.2 Å². The van der Waals surface area contributed by atoms with Crippen molar-refractivity contribution < 1.29 is 45.1 Å². The van der Waals surface area contributed by atoms with Gasteiger partial charge in [0.15, 0.2) is 0 Å². The molecule has 1 fully saturated rings. The summed E-state index contributed by atoms with van der Waals surface area (Å²) < 4.78 is 100. The third kappa shape index (κ3) is 10.8. The number of nitrogens with zero attached hydrogens (tertiary/aromatic N) is 5. The summed E-state index contributed by atoms with van der Waals surface area (Å²) in [7, 11) is -1.44. The first-order chi connectivity index (χ1) is 20.8. The summed E-state index contributed by atoms with van der Waals surface area (Å²) in [6.45, 7) is 7.08. The Morgan fingerprint density at radius 1 is 1.13 bits per heavy atom. The summed E-state index contributed by atoms with van der Waals surface area (Å²) in [4.78, 5) is 38.5. The van der Waals surface area contributed by atoms with Crippen molar-refractivity contribution in [3.8, 4) is 0 Å². The predicted octanol–water partition coefficient (Wildman–Crippen LogP) is 4.41. The van der Waals surface area contributed by atoms with Gasteiger partial charge in [0.1, 0.15) is 18.5 Å². The summed E-state index contributed by atoms with van der Waals surface area (Å²) in [6, 6.07) is -0.0857. The Labute approximate surface area is 254 Å². The molecular formula is C26H34F7N7O4Si. The van der Waals surface area contributed by atoms with E-state index in [4.69, 9.17) is 9.57 Å². The molecule has 1 aliphatic rings. The SMILES string of the molecule is CC(CONC(=O)/C=C1/CCN(c2ncc(C(F)(F)F)cn2)CC1F)Nc1cnn(COCC[Si](C)(C)C)c(=O)c1C(F)(F)F. The number of rotatable bonds is 12. The summed E-state index contributed by atoms with van der Waals surface area (Å²) >= 11 is 0. The second kappa shape index (κ2) is 14.7. The molecule has 2 atom stereocenters. The highest BCUT2D eigenvalue weighted by Crippen LogP contribution is 2.32. The summed E-state index contributed by atoms with van der Waals surface area (Å²) in [5.41, 5.74) is -2.33. The van der Waals surface area contributed by atoms with Gasteiger partial charge >= 0.3 is 12.4 Å². The minimum absolute atomic E-state index is 0.0407. The summed E-state index contributed by atoms with van der Waals surface area (Å²) in [5.74, 6) is -0.931. The first kappa shape index (κ1) is 35.9. The molecule has 3 rings (SSSR count). The van der Waals surface area contributed by atoms with E-state index in [1.54, 1.807) is 0 Å². The van der Waals surface area contributed by atoms with Gasteiger partial charge in [0.2, 0.25) is 5.95 Å². The van der Waals surface area contributed by atoms with E-state index in [-0.39, 0.29) is 44.2 Å². The number of halogens is 7. The quantitative estimate of drug-likeness (QED) is 0.111. The summed E-state index contributed by atoms with van der Waals surface area (Å²) in [5, 5.41) is 6.28. The number of alkyl halides is 7. The van der Waals surface area contributed by atoms with Crippen LogP contribution in [0.1, 0.15) is 24.5 Å². The van der Waals surface area contributed by atoms with E-state index in [0.717, 1.165) is 18.3 Å². The number of amides is 1. The number of carbonyl (C=O) groups excluding carboxylic acids is 1. The minimum atomic E-state index is -5.00. The molecule has 11 nitrogen and oxygen atoms in total. The molecule has 2 N–H and O–H groups in total. The smallest absolute Gasteiger partial charge is 0.378 e. The average Bonchev–Trinajstić information content (AvgIpc) is 2.91. The number of ether oxygens (including phenoxy) is 1. The number of carbonyl (C=O) groups is 1. The average molecular weight is 670 g/mol. The zero-order valence-corrected chi connectivity index (χ0v) is 25.9. The van der Waals surface area contributed by atoms with Crippen molar-refractivity contribution in [1.82, 2.24) is 25.2 Å². The number of hydrogen-bond donors (Lipinski definition) is 2. The molecule has 1 saturated heterocycles. The molecule has 3 heterocycles. The van der Waals surface area contributed by atoms with E-state index < -0.39 is 67.7 Å². The normalized spacial score (nSPS) is 17.8. The van der Waals surface area contributed by atoms with Crippen molar-refractivity contribution in [2.45, 2.75) is 70.3 Å². The molecule has 1 aliphatic heterocycles. The lowest BCUT2D eigenvalue weighted by Crippen LogP contribution is -2.39. The van der Waals surface area contributed by atoms with E-state index in [1.807, 2.05) is 0 Å². The number of anilines is 2. The van der Waals surface area contributed by atoms with Crippen molar-refractivity contribution in [2.24, 2.45) is 0 Å². The Bertz CT molecular complexity index is 1400. The van der Waals surface area contributed by atoms with Crippen LogP contribution in [0, 0.1) is 0 Å². The highest BCUT2D eigenvalue weighted by atomic mass is 28.3. The van der Waals surface area contributed by atoms with Crippen LogP contribution in [0.25, 0.3) is 0 Å². The molecular weight excluding hydrogens is 635 g/mol. The van der Waals surface area contributed by atoms with E-state index >= 15 is 0 Å². The monoisotopic (exact) mass is 669 g/mol. The number of nitrogens with one attached hydrogen (secondary N) is 2. The zero-order chi connectivity index (χ0) is 33.6. The lowest BCUT2D eigenvalue weighted by molar-refractivity contribution is -0.139. The Kier molecular flexibility index (Phi) is 11.7. The molecule has 0 saturated carbocycles. The molecule has 0 aliphatic carbocycles. The Morgan fingerprint density at radius 2 is 1.80 bits per heavy atom. The van der Waals surface area contributed by atoms with Crippen molar-refractivity contribution in [3.63, 3.8) is 0 Å². The molecule has 2 unspecified atom stereocenters. The van der Waals surface area contributed by atoms with Gasteiger partial charge in [-0.2, -0.15) is 31.4 Å². The Morgan fingerprint density at radius 3 is 2.38 bits per heavy atom. The van der Waals surface area contributed by atoms with Crippen molar-refractivity contribution in [3.05, 3.63) is 51.7 Å². The Hall–Kier alpha value is -3.58. The lowest BCUT2D eigenvalue weighted by atomic mass is 10.0. The molecule has 0 spiro atoms. The van der Waals surface area contributed by atoms with Gasteiger partial charge in [-0.3, -0.25) is 14.4 Å². The van der Waals surface area contributed by atoms with Gasteiger partial charge in [-0.15, -0.1) is 0 Å². The maximum absolute atomic E-state index is 14.7. The van der Waals surface area contributed by atoms with Crippen molar-refractivity contribution >= 4 is 25.6 Å². The van der Waals surface area contributed by atoms with Gasteiger partial charge in [0, 0.05) is 45.7 Å². The highest BCUT2D eigenvalue weighted by Gasteiger charge is 2.38. The molecule has 2 aromatic heterocycles. The molecule has 250 valence electrons. The Balaban J connectivity index is 1.52. The topological polar surface area (TPSA) is 124 Å². The molecule has 2 aromatic rings. The minimum Gasteiger partial charge on any atom is -0.378 e. The van der Waals surface area contributed by atoms with Gasteiger partial charge in [-0.1, -0.05) is 19.6 Å². The van der Waals surface area contributed by atoms with Crippen LogP contribution in [0.2, 0.25) is 25.7 Å². The van der Waals surface area contributed by atoms with Crippen molar-refractivity contribution in [2.75, 3.05) is 36.5 Å². The largest absolute Gasteiger partial charge is 0.423 e. The van der Waals surface area contributed by atoms with Gasteiger partial charge in [0.25, 0.3) is 11.5 Å². The van der Waals surface area contributed by atoms with Gasteiger partial charge in [-0.25, -0.2) is 24.5 Å². The first-order valence-electron chi connectivity index (χ1n) is 13.8. The number of aromatic nitrogens is 4. The molecule has 1 amide bonds. The van der Waals surface area contributed by atoms with Crippen LogP contribution in [0.3, 0.4) is 0 Å². The third-order valence-corrected chi connectivity index (χ3v) is 8.17. The fraction of sp³-hybridized carbons (Fsp3) is 0.577. The number of hydrogen-bond acceptors (Lipinski definition) is 9. The maximum Gasteiger partial charge on any atom is 0.423 e. The molecule has 0 aromatic carbocycles. The predicted molar refractivity (Wildman–Crippen MR) is 152 cm³/mol. The highest BCUT2D eigenvalue weighted by molar-refractivity contribution is 6.76. The first-order valence-corrected chi connectivity index (χ1v) is 17.5. The summed E-state index contributed by atoms with van der Waals surface area (Å²) in [6.07, 6.45) is -8.21. The van der Waals surface area contributed by atoms with E-state index in [9.17, 15) is 40.3 Å². The van der Waals surface area contributed by atoms with Gasteiger partial charge < -0.3 is 15.0 Å². The molecule has 0 radical (unpaired) electrons. The second-order valence-electron chi connectivity index (χ2n) is 11.6. The molecule has 19 heteroatoms. The van der Waals surface area contributed by atoms with Crippen LogP contribution in [0.4, 0.5) is 42.4 Å². The zero-order valence-electron chi connectivity index (χ0n) is 24.9. The van der Waals surface area contributed by atoms with Crippen molar-refractivity contribution in [1.29, 1.82) is 0 Å². The standard InChI is InChI=1S/C26H34F7N7O4Si/c1-16(37-20-12-36-40(15-43-7-8-45(2,3)4)23(42)22(20)26(31,32)33)14-44-38-21(41)9-17-5-6-39(13-19(17)27)24-34-10-18(11-35-24)25(28,29)30/h9-12,16,19,37H,5-8,13-15H2,1-4H3,(H,38,41)/b17-9-. The van der Waals surface area contributed by atoms with E-state index in [1.165, 1.54) is 11.8 Å². The van der Waals surface area contributed by atoms with Crippen LogP contribution >= 0.6 is 0 Å². The number of hydroxylamine groups is 1. The fourth-order valence-electron chi connectivity index (χ4n) is 4.03. The molecule has 0 bridgehead atoms. The van der Waals surface area contributed by atoms with E-state index in [0.29, 0.717) is 17.1 Å². The second-order valence-corrected chi connectivity index (χ2v) is 17.2. The number of piperidine rings is 1. The maximum atomic E-state index is 14.7. The van der Waals surface area contributed by atoms with Crippen LogP contribution in [0.15, 0.2) is 35.0 Å². The van der Waals surface area contributed by atoms with Gasteiger partial charge in [0.05, 0.1) is 30.6 Å². The van der Waals surface area contributed by atoms with E-state index in [2.05, 4.69) is 45.5 Å². The lowest BCUT2D eigenvalue weighted by Gasteiger charge is -2.30. The van der Waals surface area contributed by atoms with Crippen LogP contribution in [0.5, 0.6) is 0 Å².